The zero-order valence-electron chi connectivity index (χ0n) is 18.2. The van der Waals surface area contributed by atoms with Gasteiger partial charge in [0, 0.05) is 36.6 Å². The fraction of sp³-hybridized carbons (Fsp3) is 0.400. The number of aryl methyl sites for hydroxylation is 1. The topological polar surface area (TPSA) is 67.2 Å². The number of imidazole rings is 1. The number of hydrogen-bond donors (Lipinski definition) is 1. The lowest BCUT2D eigenvalue weighted by Gasteiger charge is -2.21. The maximum atomic E-state index is 13.0. The number of carbonyl (C=O) groups excluding carboxylic acids is 2. The van der Waals surface area contributed by atoms with Crippen molar-refractivity contribution in [3.63, 3.8) is 0 Å². The smallest absolute Gasteiger partial charge is 0.251 e. The Morgan fingerprint density at radius 2 is 1.78 bits per heavy atom. The third-order valence-corrected chi connectivity index (χ3v) is 6.17. The first kappa shape index (κ1) is 22.3. The maximum absolute atomic E-state index is 13.0. The van der Waals surface area contributed by atoms with Crippen molar-refractivity contribution < 1.29 is 9.59 Å². The quantitative estimate of drug-likeness (QED) is 0.538. The molecule has 1 N–H and O–H groups in total. The number of fused-ring (bicyclic) bond motifs is 1. The van der Waals surface area contributed by atoms with E-state index in [-0.39, 0.29) is 11.8 Å². The van der Waals surface area contributed by atoms with Crippen LogP contribution in [0.4, 0.5) is 0 Å². The molecular formula is C25H29ClN4O2. The van der Waals surface area contributed by atoms with Crippen LogP contribution in [0.1, 0.15) is 48.3 Å². The molecule has 0 aliphatic carbocycles. The summed E-state index contributed by atoms with van der Waals surface area (Å²) in [7, 11) is 0. The fourth-order valence-electron chi connectivity index (χ4n) is 4.23. The van der Waals surface area contributed by atoms with Gasteiger partial charge < -0.3 is 14.8 Å². The van der Waals surface area contributed by atoms with E-state index in [9.17, 15) is 9.59 Å². The van der Waals surface area contributed by atoms with Crippen LogP contribution >= 0.6 is 11.6 Å². The molecular weight excluding hydrogens is 424 g/mol. The van der Waals surface area contributed by atoms with Crippen LogP contribution in [-0.2, 0) is 17.8 Å². The van der Waals surface area contributed by atoms with Crippen LogP contribution in [0.3, 0.4) is 0 Å². The molecule has 168 valence electrons. The van der Waals surface area contributed by atoms with Crippen molar-refractivity contribution in [1.29, 1.82) is 0 Å². The van der Waals surface area contributed by atoms with Crippen LogP contribution < -0.4 is 5.32 Å². The van der Waals surface area contributed by atoms with Crippen molar-refractivity contribution in [2.75, 3.05) is 19.6 Å². The van der Waals surface area contributed by atoms with Gasteiger partial charge in [-0.05, 0) is 49.6 Å². The average molecular weight is 453 g/mol. The monoisotopic (exact) mass is 452 g/mol. The molecule has 1 aliphatic heterocycles. The second kappa shape index (κ2) is 10.6. The number of benzene rings is 2. The molecule has 1 aromatic heterocycles. The predicted octanol–water partition coefficient (Wildman–Crippen LogP) is 4.45. The van der Waals surface area contributed by atoms with Crippen LogP contribution in [0.25, 0.3) is 11.0 Å². The van der Waals surface area contributed by atoms with Gasteiger partial charge in [0.25, 0.3) is 5.91 Å². The number of likely N-dealkylation sites (tertiary alicyclic amines) is 1. The first-order valence-electron chi connectivity index (χ1n) is 11.4. The summed E-state index contributed by atoms with van der Waals surface area (Å²) in [6.45, 7) is 2.52. The Morgan fingerprint density at radius 1 is 1.00 bits per heavy atom. The largest absolute Gasteiger partial charge is 0.352 e. The molecule has 0 atom stereocenters. The summed E-state index contributed by atoms with van der Waals surface area (Å²) in [6.07, 6.45) is 5.96. The molecule has 1 saturated heterocycles. The van der Waals surface area contributed by atoms with Crippen molar-refractivity contribution in [1.82, 2.24) is 19.8 Å². The van der Waals surface area contributed by atoms with E-state index in [1.807, 2.05) is 33.7 Å². The van der Waals surface area contributed by atoms with Gasteiger partial charge in [-0.15, -0.1) is 0 Å². The number of para-hydroxylation sites is 2. The maximum Gasteiger partial charge on any atom is 0.251 e. The number of carbonyl (C=O) groups is 2. The molecule has 0 bridgehead atoms. The second-order valence-corrected chi connectivity index (χ2v) is 8.70. The molecule has 3 aromatic rings. The third-order valence-electron chi connectivity index (χ3n) is 5.94. The Hall–Kier alpha value is -2.86. The van der Waals surface area contributed by atoms with E-state index in [1.165, 1.54) is 12.8 Å². The Labute approximate surface area is 193 Å². The molecule has 0 unspecified atom stereocenters. The number of nitrogens with one attached hydrogen (secondary N) is 1. The SMILES string of the molecule is O=C(NCCCc1nc2ccccc2n1CC(=O)N1CCCCCC1)c1cccc(Cl)c1. The van der Waals surface area contributed by atoms with Crippen LogP contribution in [-0.4, -0.2) is 45.9 Å². The number of amides is 2. The summed E-state index contributed by atoms with van der Waals surface area (Å²) in [5.41, 5.74) is 2.43. The van der Waals surface area contributed by atoms with Crippen LogP contribution in [0.5, 0.6) is 0 Å². The summed E-state index contributed by atoms with van der Waals surface area (Å²) in [5, 5.41) is 3.48. The van der Waals surface area contributed by atoms with E-state index in [2.05, 4.69) is 5.32 Å². The first-order chi connectivity index (χ1) is 15.6. The molecule has 6 nitrogen and oxygen atoms in total. The van der Waals surface area contributed by atoms with Gasteiger partial charge in [-0.1, -0.05) is 42.6 Å². The molecule has 1 fully saturated rings. The summed E-state index contributed by atoms with van der Waals surface area (Å²) >= 11 is 5.97. The number of aromatic nitrogens is 2. The van der Waals surface area contributed by atoms with Crippen LogP contribution in [0.2, 0.25) is 5.02 Å². The Balaban J connectivity index is 1.40. The molecule has 32 heavy (non-hydrogen) atoms. The molecule has 7 heteroatoms. The Kier molecular flexibility index (Phi) is 7.43. The zero-order chi connectivity index (χ0) is 22.3. The average Bonchev–Trinajstić information content (AvgIpc) is 2.96. The third kappa shape index (κ3) is 5.49. The normalized spacial score (nSPS) is 14.3. The van der Waals surface area contributed by atoms with E-state index in [4.69, 9.17) is 16.6 Å². The molecule has 2 aromatic carbocycles. The van der Waals surface area contributed by atoms with Gasteiger partial charge >= 0.3 is 0 Å². The van der Waals surface area contributed by atoms with Gasteiger partial charge in [-0.2, -0.15) is 0 Å². The van der Waals surface area contributed by atoms with Gasteiger partial charge in [0.05, 0.1) is 11.0 Å². The van der Waals surface area contributed by atoms with Crippen molar-refractivity contribution in [2.45, 2.75) is 45.1 Å². The van der Waals surface area contributed by atoms with E-state index in [1.54, 1.807) is 24.3 Å². The predicted molar refractivity (Wildman–Crippen MR) is 127 cm³/mol. The summed E-state index contributed by atoms with van der Waals surface area (Å²) in [6, 6.07) is 14.9. The van der Waals surface area contributed by atoms with Gasteiger partial charge in [0.2, 0.25) is 5.91 Å². The van der Waals surface area contributed by atoms with E-state index < -0.39 is 0 Å². The van der Waals surface area contributed by atoms with Crippen molar-refractivity contribution in [3.05, 3.63) is 64.9 Å². The summed E-state index contributed by atoms with van der Waals surface area (Å²) < 4.78 is 2.04. The van der Waals surface area contributed by atoms with Gasteiger partial charge in [0.1, 0.15) is 12.4 Å². The minimum atomic E-state index is -0.141. The highest BCUT2D eigenvalue weighted by Crippen LogP contribution is 2.19. The van der Waals surface area contributed by atoms with E-state index in [0.29, 0.717) is 30.1 Å². The number of hydrogen-bond acceptors (Lipinski definition) is 3. The first-order valence-corrected chi connectivity index (χ1v) is 11.8. The highest BCUT2D eigenvalue weighted by atomic mass is 35.5. The van der Waals surface area contributed by atoms with Crippen molar-refractivity contribution >= 4 is 34.4 Å². The lowest BCUT2D eigenvalue weighted by Crippen LogP contribution is -2.35. The molecule has 4 rings (SSSR count). The molecule has 1 aliphatic rings. The molecule has 0 saturated carbocycles. The molecule has 0 spiro atoms. The highest BCUT2D eigenvalue weighted by molar-refractivity contribution is 6.30. The molecule has 2 heterocycles. The van der Waals surface area contributed by atoms with Gasteiger partial charge in [0.15, 0.2) is 0 Å². The lowest BCUT2D eigenvalue weighted by molar-refractivity contribution is -0.131. The second-order valence-electron chi connectivity index (χ2n) is 8.27. The molecule has 0 radical (unpaired) electrons. The van der Waals surface area contributed by atoms with Gasteiger partial charge in [-0.3, -0.25) is 9.59 Å². The number of nitrogens with zero attached hydrogens (tertiary/aromatic N) is 3. The summed E-state index contributed by atoms with van der Waals surface area (Å²) in [5.74, 6) is 0.897. The molecule has 2 amide bonds. The number of rotatable bonds is 7. The Morgan fingerprint density at radius 3 is 2.56 bits per heavy atom. The van der Waals surface area contributed by atoms with Crippen molar-refractivity contribution in [3.8, 4) is 0 Å². The fourth-order valence-corrected chi connectivity index (χ4v) is 4.42. The number of halogens is 1. The minimum Gasteiger partial charge on any atom is -0.352 e. The van der Waals surface area contributed by atoms with Crippen LogP contribution in [0, 0.1) is 0 Å². The lowest BCUT2D eigenvalue weighted by atomic mass is 10.2. The van der Waals surface area contributed by atoms with E-state index in [0.717, 1.165) is 49.2 Å². The highest BCUT2D eigenvalue weighted by Gasteiger charge is 2.19. The standard InChI is InChI=1S/C25H29ClN4O2/c26-20-10-7-9-19(17-20)25(32)27-14-8-13-23-28-21-11-3-4-12-22(21)30(23)18-24(31)29-15-5-1-2-6-16-29/h3-4,7,9-12,17H,1-2,5-6,8,13-16,18H2,(H,27,32). The van der Waals surface area contributed by atoms with Crippen LogP contribution in [0.15, 0.2) is 48.5 Å². The minimum absolute atomic E-state index is 0.141. The van der Waals surface area contributed by atoms with Crippen molar-refractivity contribution in [2.24, 2.45) is 0 Å². The van der Waals surface area contributed by atoms with E-state index >= 15 is 0 Å². The van der Waals surface area contributed by atoms with Gasteiger partial charge in [-0.25, -0.2) is 4.98 Å². The summed E-state index contributed by atoms with van der Waals surface area (Å²) in [4.78, 5) is 32.1. The zero-order valence-corrected chi connectivity index (χ0v) is 19.0. The Bertz CT molecular complexity index is 1090.